The lowest BCUT2D eigenvalue weighted by Crippen LogP contribution is -2.12. The molecule has 3 aromatic rings. The molecule has 1 aromatic heterocycles. The molecule has 0 saturated heterocycles. The Labute approximate surface area is 101 Å². The number of para-hydroxylation sites is 1. The predicted molar refractivity (Wildman–Crippen MR) is 73.4 cm³/mol. The van der Waals surface area contributed by atoms with Crippen molar-refractivity contribution in [2.45, 2.75) is 0 Å². The van der Waals surface area contributed by atoms with Gasteiger partial charge in [0.25, 0.3) is 0 Å². The molecule has 1 heterocycles. The van der Waals surface area contributed by atoms with Crippen LogP contribution in [0.2, 0.25) is 0 Å². The fraction of sp³-hybridized carbons (Fsp3) is 0.143. The van der Waals surface area contributed by atoms with Gasteiger partial charge in [0.2, 0.25) is 0 Å². The molecule has 0 N–H and O–H groups in total. The molecular weight excluding hydrogens is 209 g/mol. The van der Waals surface area contributed by atoms with Crippen LogP contribution in [0.25, 0.3) is 21.9 Å². The van der Waals surface area contributed by atoms with Crippen LogP contribution in [0.1, 0.15) is 0 Å². The Morgan fingerprint density at radius 2 is 1.82 bits per heavy atom. The van der Waals surface area contributed by atoms with Crippen LogP contribution in [-0.2, 0) is 0 Å². The highest BCUT2D eigenvalue weighted by atomic mass is 16.3. The van der Waals surface area contributed by atoms with E-state index in [1.54, 1.807) is 0 Å². The number of hydrogen-bond donors (Lipinski definition) is 0. The molecule has 0 aliphatic rings. The van der Waals surface area contributed by atoms with E-state index in [2.05, 4.69) is 6.07 Å². The van der Waals surface area contributed by atoms with E-state index in [1.807, 2.05) is 49.3 Å². The SMILES string of the molecule is [B]c1cc(N(C)C)c2oc3ccccc3c2c1. The predicted octanol–water partition coefficient (Wildman–Crippen LogP) is 2.45. The van der Waals surface area contributed by atoms with Gasteiger partial charge in [-0.25, -0.2) is 0 Å². The lowest BCUT2D eigenvalue weighted by atomic mass is 9.93. The van der Waals surface area contributed by atoms with Gasteiger partial charge in [-0.1, -0.05) is 29.7 Å². The third-order valence-corrected chi connectivity index (χ3v) is 2.96. The van der Waals surface area contributed by atoms with E-state index in [0.717, 1.165) is 33.1 Å². The first kappa shape index (κ1) is 10.3. The number of rotatable bonds is 1. The zero-order chi connectivity index (χ0) is 12.0. The second-order valence-electron chi connectivity index (χ2n) is 4.41. The average molecular weight is 221 g/mol. The topological polar surface area (TPSA) is 16.4 Å². The first-order valence-electron chi connectivity index (χ1n) is 5.55. The number of anilines is 1. The first-order valence-corrected chi connectivity index (χ1v) is 5.55. The molecular formula is C14H12BNO. The summed E-state index contributed by atoms with van der Waals surface area (Å²) in [5, 5.41) is 2.18. The van der Waals surface area contributed by atoms with E-state index in [0.29, 0.717) is 0 Å². The van der Waals surface area contributed by atoms with Gasteiger partial charge in [-0.05, 0) is 12.1 Å². The van der Waals surface area contributed by atoms with Crippen molar-refractivity contribution in [2.75, 3.05) is 19.0 Å². The quantitative estimate of drug-likeness (QED) is 0.587. The molecule has 0 fully saturated rings. The monoisotopic (exact) mass is 221 g/mol. The van der Waals surface area contributed by atoms with Crippen molar-refractivity contribution < 1.29 is 4.42 Å². The molecule has 0 bridgehead atoms. The van der Waals surface area contributed by atoms with Crippen molar-refractivity contribution in [1.29, 1.82) is 0 Å². The molecule has 3 rings (SSSR count). The normalized spacial score (nSPS) is 11.2. The summed E-state index contributed by atoms with van der Waals surface area (Å²) in [6, 6.07) is 11.9. The van der Waals surface area contributed by atoms with Gasteiger partial charge < -0.3 is 9.32 Å². The van der Waals surface area contributed by atoms with Crippen molar-refractivity contribution in [2.24, 2.45) is 0 Å². The van der Waals surface area contributed by atoms with Gasteiger partial charge in [0.05, 0.1) is 5.69 Å². The minimum Gasteiger partial charge on any atom is -0.454 e. The Morgan fingerprint density at radius 3 is 2.59 bits per heavy atom. The smallest absolute Gasteiger partial charge is 0.158 e. The number of nitrogens with zero attached hydrogens (tertiary/aromatic N) is 1. The van der Waals surface area contributed by atoms with Gasteiger partial charge in [0, 0.05) is 24.9 Å². The third-order valence-electron chi connectivity index (χ3n) is 2.96. The molecule has 0 aliphatic heterocycles. The Hall–Kier alpha value is -1.90. The van der Waals surface area contributed by atoms with Crippen LogP contribution in [0.3, 0.4) is 0 Å². The maximum Gasteiger partial charge on any atom is 0.158 e. The van der Waals surface area contributed by atoms with E-state index in [9.17, 15) is 0 Å². The summed E-state index contributed by atoms with van der Waals surface area (Å²) in [5.41, 5.74) is 3.56. The lowest BCUT2D eigenvalue weighted by molar-refractivity contribution is 0.668. The standard InChI is InChI=1S/C14H12BNO/c1-16(2)12-8-9(15)7-11-10-5-3-4-6-13(10)17-14(11)12/h3-8H,1-2H3. The van der Waals surface area contributed by atoms with Gasteiger partial charge in [0.1, 0.15) is 13.4 Å². The van der Waals surface area contributed by atoms with E-state index < -0.39 is 0 Å². The number of benzene rings is 2. The first-order chi connectivity index (χ1) is 8.16. The molecule has 0 spiro atoms. The van der Waals surface area contributed by atoms with Crippen molar-refractivity contribution in [3.63, 3.8) is 0 Å². The molecule has 0 atom stereocenters. The van der Waals surface area contributed by atoms with Crippen molar-refractivity contribution in [1.82, 2.24) is 0 Å². The van der Waals surface area contributed by atoms with Crippen LogP contribution < -0.4 is 10.4 Å². The highest BCUT2D eigenvalue weighted by Crippen LogP contribution is 2.33. The summed E-state index contributed by atoms with van der Waals surface area (Å²) in [5.74, 6) is 0. The molecule has 2 nitrogen and oxygen atoms in total. The number of hydrogen-bond acceptors (Lipinski definition) is 2. The summed E-state index contributed by atoms with van der Waals surface area (Å²) in [7, 11) is 9.92. The summed E-state index contributed by atoms with van der Waals surface area (Å²) < 4.78 is 5.90. The highest BCUT2D eigenvalue weighted by molar-refractivity contribution is 6.34. The molecule has 0 saturated carbocycles. The molecule has 17 heavy (non-hydrogen) atoms. The number of furan rings is 1. The van der Waals surface area contributed by atoms with Gasteiger partial charge in [-0.3, -0.25) is 0 Å². The van der Waals surface area contributed by atoms with E-state index >= 15 is 0 Å². The fourth-order valence-electron chi connectivity index (χ4n) is 2.16. The second kappa shape index (κ2) is 3.55. The van der Waals surface area contributed by atoms with Crippen LogP contribution in [-0.4, -0.2) is 21.9 Å². The largest absolute Gasteiger partial charge is 0.454 e. The van der Waals surface area contributed by atoms with Crippen molar-refractivity contribution in [3.8, 4) is 0 Å². The highest BCUT2D eigenvalue weighted by Gasteiger charge is 2.12. The van der Waals surface area contributed by atoms with Gasteiger partial charge in [-0.15, -0.1) is 0 Å². The molecule has 0 unspecified atom stereocenters. The molecule has 2 radical (unpaired) electrons. The van der Waals surface area contributed by atoms with Crippen molar-refractivity contribution >= 4 is 40.9 Å². The van der Waals surface area contributed by atoms with Crippen LogP contribution in [0, 0.1) is 0 Å². The van der Waals surface area contributed by atoms with Crippen LogP contribution in [0.4, 0.5) is 5.69 Å². The summed E-state index contributed by atoms with van der Waals surface area (Å²) in [6.45, 7) is 0. The lowest BCUT2D eigenvalue weighted by Gasteiger charge is -2.13. The van der Waals surface area contributed by atoms with Crippen molar-refractivity contribution in [3.05, 3.63) is 36.4 Å². The van der Waals surface area contributed by atoms with E-state index in [4.69, 9.17) is 12.3 Å². The van der Waals surface area contributed by atoms with Gasteiger partial charge in [-0.2, -0.15) is 0 Å². The fourth-order valence-corrected chi connectivity index (χ4v) is 2.16. The number of fused-ring (bicyclic) bond motifs is 3. The summed E-state index contributed by atoms with van der Waals surface area (Å²) >= 11 is 0. The minimum absolute atomic E-state index is 0.757. The minimum atomic E-state index is 0.757. The Bertz CT molecular complexity index is 700. The third kappa shape index (κ3) is 1.50. The average Bonchev–Trinajstić information content (AvgIpc) is 2.66. The van der Waals surface area contributed by atoms with E-state index in [1.165, 1.54) is 0 Å². The molecule has 0 amide bonds. The molecule has 82 valence electrons. The maximum atomic E-state index is 5.94. The Kier molecular flexibility index (Phi) is 2.15. The Balaban J connectivity index is 2.51. The maximum absolute atomic E-state index is 5.94. The van der Waals surface area contributed by atoms with E-state index in [-0.39, 0.29) is 0 Å². The molecule has 0 aliphatic carbocycles. The van der Waals surface area contributed by atoms with Crippen LogP contribution in [0.5, 0.6) is 0 Å². The Morgan fingerprint density at radius 1 is 1.06 bits per heavy atom. The van der Waals surface area contributed by atoms with Gasteiger partial charge in [0.15, 0.2) is 5.58 Å². The zero-order valence-electron chi connectivity index (χ0n) is 9.90. The van der Waals surface area contributed by atoms with Gasteiger partial charge >= 0.3 is 0 Å². The van der Waals surface area contributed by atoms with Crippen LogP contribution in [0.15, 0.2) is 40.8 Å². The van der Waals surface area contributed by atoms with Crippen LogP contribution >= 0.6 is 0 Å². The summed E-state index contributed by atoms with van der Waals surface area (Å²) in [4.78, 5) is 2.01. The second-order valence-corrected chi connectivity index (χ2v) is 4.41. The summed E-state index contributed by atoms with van der Waals surface area (Å²) in [6.07, 6.45) is 0. The molecule has 2 aromatic carbocycles. The molecule has 3 heteroatoms. The zero-order valence-corrected chi connectivity index (χ0v) is 9.90.